The zero-order valence-electron chi connectivity index (χ0n) is 14.1. The van der Waals surface area contributed by atoms with Crippen LogP contribution in [0.5, 0.6) is 0 Å². The number of amides is 1. The zero-order chi connectivity index (χ0) is 17.1. The fourth-order valence-electron chi connectivity index (χ4n) is 3.64. The first-order valence-corrected chi connectivity index (χ1v) is 8.81. The van der Waals surface area contributed by atoms with E-state index < -0.39 is 0 Å². The van der Waals surface area contributed by atoms with Gasteiger partial charge in [0.05, 0.1) is 12.1 Å². The van der Waals surface area contributed by atoms with Gasteiger partial charge >= 0.3 is 0 Å². The van der Waals surface area contributed by atoms with E-state index in [0.717, 1.165) is 38.9 Å². The van der Waals surface area contributed by atoms with E-state index >= 15 is 0 Å². The lowest BCUT2D eigenvalue weighted by Gasteiger charge is -2.43. The van der Waals surface area contributed by atoms with Crippen molar-refractivity contribution in [2.45, 2.75) is 43.9 Å². The molecule has 0 aliphatic carbocycles. The van der Waals surface area contributed by atoms with E-state index in [9.17, 15) is 4.79 Å². The summed E-state index contributed by atoms with van der Waals surface area (Å²) < 4.78 is 18.9. The number of furan rings is 1. The highest BCUT2D eigenvalue weighted by atomic mass is 16.5. The molecular weight excluding hydrogens is 322 g/mol. The van der Waals surface area contributed by atoms with Crippen LogP contribution in [0.4, 0.5) is 0 Å². The van der Waals surface area contributed by atoms with E-state index in [0.29, 0.717) is 24.7 Å². The normalized spacial score (nSPS) is 22.8. The van der Waals surface area contributed by atoms with Crippen LogP contribution in [-0.4, -0.2) is 47.2 Å². The van der Waals surface area contributed by atoms with E-state index in [1.165, 1.54) is 0 Å². The lowest BCUT2D eigenvalue weighted by Crippen LogP contribution is -2.51. The fraction of sp³-hybridized carbons (Fsp3) is 0.556. The number of hydrogen-bond donors (Lipinski definition) is 1. The Morgan fingerprint density at radius 1 is 1.32 bits per heavy atom. The van der Waals surface area contributed by atoms with E-state index in [2.05, 4.69) is 10.4 Å². The van der Waals surface area contributed by atoms with Crippen molar-refractivity contribution in [2.75, 3.05) is 19.8 Å². The summed E-state index contributed by atoms with van der Waals surface area (Å²) >= 11 is 0. The zero-order valence-corrected chi connectivity index (χ0v) is 14.1. The van der Waals surface area contributed by atoms with Crippen molar-refractivity contribution >= 4 is 5.91 Å². The van der Waals surface area contributed by atoms with Gasteiger partial charge in [-0.3, -0.25) is 9.48 Å². The number of aromatic nitrogens is 2. The molecule has 4 rings (SSSR count). The summed E-state index contributed by atoms with van der Waals surface area (Å²) in [6.45, 7) is 2.65. The van der Waals surface area contributed by atoms with Gasteiger partial charge < -0.3 is 19.2 Å². The number of rotatable bonds is 4. The lowest BCUT2D eigenvalue weighted by atomic mass is 9.84. The molecule has 2 aliphatic rings. The smallest absolute Gasteiger partial charge is 0.287 e. The van der Waals surface area contributed by atoms with Crippen molar-refractivity contribution in [3.8, 4) is 0 Å². The van der Waals surface area contributed by atoms with Gasteiger partial charge in [-0.15, -0.1) is 0 Å². The lowest BCUT2D eigenvalue weighted by molar-refractivity contribution is -0.139. The van der Waals surface area contributed by atoms with E-state index in [1.54, 1.807) is 16.9 Å². The topological polar surface area (TPSA) is 78.5 Å². The maximum absolute atomic E-state index is 12.5. The van der Waals surface area contributed by atoms with Crippen molar-refractivity contribution in [1.82, 2.24) is 15.1 Å². The summed E-state index contributed by atoms with van der Waals surface area (Å²) in [6.07, 6.45) is 7.03. The van der Waals surface area contributed by atoms with Crippen LogP contribution in [0.3, 0.4) is 0 Å². The Morgan fingerprint density at radius 2 is 2.20 bits per heavy atom. The summed E-state index contributed by atoms with van der Waals surface area (Å²) in [7, 11) is 0. The first kappa shape index (κ1) is 16.4. The van der Waals surface area contributed by atoms with Crippen LogP contribution in [-0.2, 0) is 16.0 Å². The minimum atomic E-state index is -0.166. The average molecular weight is 345 g/mol. The van der Waals surface area contributed by atoms with E-state index in [1.807, 2.05) is 18.3 Å². The molecule has 7 heteroatoms. The maximum atomic E-state index is 12.5. The van der Waals surface area contributed by atoms with Crippen LogP contribution >= 0.6 is 0 Å². The molecule has 2 aliphatic heterocycles. The molecule has 0 bridgehead atoms. The SMILES string of the molecule is O=C(N[C@H]1CCOC2(CCOCC2)C1)c1ccc(Cn2cccn2)o1. The average Bonchev–Trinajstić information content (AvgIpc) is 3.28. The monoisotopic (exact) mass is 345 g/mol. The number of nitrogens with zero attached hydrogens (tertiary/aromatic N) is 2. The van der Waals surface area contributed by atoms with Crippen molar-refractivity contribution in [2.24, 2.45) is 0 Å². The van der Waals surface area contributed by atoms with Crippen molar-refractivity contribution in [3.05, 3.63) is 42.1 Å². The molecule has 1 amide bonds. The summed E-state index contributed by atoms with van der Waals surface area (Å²) in [5, 5.41) is 7.24. The number of hydrogen-bond acceptors (Lipinski definition) is 5. The Bertz CT molecular complexity index is 698. The Hall–Kier alpha value is -2.12. The Morgan fingerprint density at radius 3 is 3.00 bits per heavy atom. The largest absolute Gasteiger partial charge is 0.454 e. The Labute approximate surface area is 146 Å². The molecule has 134 valence electrons. The van der Waals surface area contributed by atoms with Gasteiger partial charge in [0.2, 0.25) is 0 Å². The van der Waals surface area contributed by atoms with Gasteiger partial charge in [-0.1, -0.05) is 0 Å². The summed E-state index contributed by atoms with van der Waals surface area (Å²) in [4.78, 5) is 12.5. The van der Waals surface area contributed by atoms with Crippen LogP contribution in [0.15, 0.2) is 35.0 Å². The first-order chi connectivity index (χ1) is 12.2. The van der Waals surface area contributed by atoms with Gasteiger partial charge in [-0.05, 0) is 43.9 Å². The van der Waals surface area contributed by atoms with Gasteiger partial charge in [0, 0.05) is 38.3 Å². The second-order valence-corrected chi connectivity index (χ2v) is 6.78. The second kappa shape index (κ2) is 7.01. The molecule has 2 aromatic heterocycles. The molecule has 0 aromatic carbocycles. The predicted molar refractivity (Wildman–Crippen MR) is 89.3 cm³/mol. The summed E-state index contributed by atoms with van der Waals surface area (Å²) in [6, 6.07) is 5.51. The molecule has 1 spiro atoms. The second-order valence-electron chi connectivity index (χ2n) is 6.78. The van der Waals surface area contributed by atoms with Crippen molar-refractivity contribution in [3.63, 3.8) is 0 Å². The first-order valence-electron chi connectivity index (χ1n) is 8.81. The molecule has 1 atom stereocenters. The Balaban J connectivity index is 1.36. The van der Waals surface area contributed by atoms with Crippen molar-refractivity contribution in [1.29, 1.82) is 0 Å². The third kappa shape index (κ3) is 3.77. The van der Waals surface area contributed by atoms with Crippen molar-refractivity contribution < 1.29 is 18.7 Å². The van der Waals surface area contributed by atoms with E-state index in [4.69, 9.17) is 13.9 Å². The fourth-order valence-corrected chi connectivity index (χ4v) is 3.64. The molecular formula is C18H23N3O4. The van der Waals surface area contributed by atoms with E-state index in [-0.39, 0.29) is 17.6 Å². The van der Waals surface area contributed by atoms with Gasteiger partial charge in [-0.2, -0.15) is 5.10 Å². The maximum Gasteiger partial charge on any atom is 0.287 e. The summed E-state index contributed by atoms with van der Waals surface area (Å²) in [5.41, 5.74) is -0.136. The minimum absolute atomic E-state index is 0.110. The highest BCUT2D eigenvalue weighted by Crippen LogP contribution is 2.34. The standard InChI is InChI=1S/C18H23N3O4/c22-17(16-3-2-15(25-16)13-21-8-1-7-19-21)20-14-4-9-24-18(12-14)5-10-23-11-6-18/h1-3,7-8,14H,4-6,9-13H2,(H,20,22)/t14-/m0/s1. The number of ether oxygens (including phenoxy) is 2. The molecule has 4 heterocycles. The van der Waals surface area contributed by atoms with Crippen LogP contribution in [0.2, 0.25) is 0 Å². The predicted octanol–water partition coefficient (Wildman–Crippen LogP) is 1.98. The number of carbonyl (C=O) groups excluding carboxylic acids is 1. The van der Waals surface area contributed by atoms with Crippen LogP contribution in [0.1, 0.15) is 42.0 Å². The van der Waals surface area contributed by atoms with Gasteiger partial charge in [0.15, 0.2) is 5.76 Å². The molecule has 2 aromatic rings. The number of nitrogens with one attached hydrogen (secondary N) is 1. The quantitative estimate of drug-likeness (QED) is 0.917. The third-order valence-corrected chi connectivity index (χ3v) is 4.99. The highest BCUT2D eigenvalue weighted by Gasteiger charge is 2.39. The molecule has 0 unspecified atom stereocenters. The molecule has 0 saturated carbocycles. The Kier molecular flexibility index (Phi) is 4.59. The molecule has 25 heavy (non-hydrogen) atoms. The third-order valence-electron chi connectivity index (χ3n) is 4.99. The van der Waals surface area contributed by atoms with Gasteiger partial charge in [-0.25, -0.2) is 0 Å². The highest BCUT2D eigenvalue weighted by molar-refractivity contribution is 5.91. The van der Waals surface area contributed by atoms with Crippen LogP contribution < -0.4 is 5.32 Å². The van der Waals surface area contributed by atoms with Crippen LogP contribution in [0.25, 0.3) is 0 Å². The number of carbonyl (C=O) groups is 1. The van der Waals surface area contributed by atoms with Crippen LogP contribution in [0, 0.1) is 0 Å². The minimum Gasteiger partial charge on any atom is -0.454 e. The molecule has 2 saturated heterocycles. The van der Waals surface area contributed by atoms with Gasteiger partial charge in [0.25, 0.3) is 5.91 Å². The van der Waals surface area contributed by atoms with Gasteiger partial charge in [0.1, 0.15) is 5.76 Å². The molecule has 7 nitrogen and oxygen atoms in total. The molecule has 2 fully saturated rings. The molecule has 0 radical (unpaired) electrons. The summed E-state index contributed by atoms with van der Waals surface area (Å²) in [5.74, 6) is 0.886. The molecule has 1 N–H and O–H groups in total.